The van der Waals surface area contributed by atoms with Crippen molar-refractivity contribution in [2.45, 2.75) is 6.54 Å². The fourth-order valence-electron chi connectivity index (χ4n) is 1.65. The van der Waals surface area contributed by atoms with Crippen molar-refractivity contribution >= 4 is 11.6 Å². The molecule has 19 heavy (non-hydrogen) atoms. The summed E-state index contributed by atoms with van der Waals surface area (Å²) >= 11 is 0. The van der Waals surface area contributed by atoms with E-state index in [2.05, 4.69) is 15.6 Å². The molecular formula is C14H14FN3O. The van der Waals surface area contributed by atoms with Crippen LogP contribution in [-0.4, -0.2) is 17.9 Å². The molecule has 1 heterocycles. The summed E-state index contributed by atoms with van der Waals surface area (Å²) in [6.45, 7) is 0.766. The molecular weight excluding hydrogens is 245 g/mol. The Labute approximate surface area is 110 Å². The van der Waals surface area contributed by atoms with Gasteiger partial charge in [-0.1, -0.05) is 12.1 Å². The topological polar surface area (TPSA) is 54.0 Å². The highest BCUT2D eigenvalue weighted by Gasteiger charge is 2.07. The molecule has 0 bridgehead atoms. The molecule has 0 atom stereocenters. The van der Waals surface area contributed by atoms with Crippen molar-refractivity contribution in [2.75, 3.05) is 12.4 Å². The number of hydrogen-bond acceptors (Lipinski definition) is 3. The molecule has 0 saturated heterocycles. The number of anilines is 1. The first kappa shape index (κ1) is 13.2. The number of benzene rings is 1. The van der Waals surface area contributed by atoms with Crippen LogP contribution in [0.25, 0.3) is 0 Å². The maximum atomic E-state index is 13.0. The van der Waals surface area contributed by atoms with E-state index in [0.29, 0.717) is 5.69 Å². The predicted molar refractivity (Wildman–Crippen MR) is 71.4 cm³/mol. The first-order valence-electron chi connectivity index (χ1n) is 5.84. The Kier molecular flexibility index (Phi) is 4.20. The van der Waals surface area contributed by atoms with Gasteiger partial charge in [0, 0.05) is 18.4 Å². The third-order valence-electron chi connectivity index (χ3n) is 2.56. The van der Waals surface area contributed by atoms with Crippen LogP contribution in [0.4, 0.5) is 10.1 Å². The molecule has 0 spiro atoms. The number of aromatic nitrogens is 1. The summed E-state index contributed by atoms with van der Waals surface area (Å²) in [6, 6.07) is 8.58. The largest absolute Gasteiger partial charge is 0.322 e. The SMILES string of the molecule is CNCc1ccc(NC(=O)c2cncc(F)c2)cc1. The number of amides is 1. The summed E-state index contributed by atoms with van der Waals surface area (Å²) in [4.78, 5) is 15.5. The second-order valence-electron chi connectivity index (χ2n) is 4.07. The van der Waals surface area contributed by atoms with Crippen LogP contribution < -0.4 is 10.6 Å². The van der Waals surface area contributed by atoms with Crippen LogP contribution in [0.15, 0.2) is 42.7 Å². The molecule has 0 aliphatic rings. The monoisotopic (exact) mass is 259 g/mol. The molecule has 0 fully saturated rings. The van der Waals surface area contributed by atoms with Crippen molar-refractivity contribution in [2.24, 2.45) is 0 Å². The van der Waals surface area contributed by atoms with Gasteiger partial charge in [-0.2, -0.15) is 0 Å². The molecule has 1 aromatic carbocycles. The Hall–Kier alpha value is -2.27. The van der Waals surface area contributed by atoms with Gasteiger partial charge < -0.3 is 10.6 Å². The molecule has 1 aromatic heterocycles. The second-order valence-corrected chi connectivity index (χ2v) is 4.07. The zero-order chi connectivity index (χ0) is 13.7. The van der Waals surface area contributed by atoms with E-state index in [1.165, 1.54) is 6.20 Å². The summed E-state index contributed by atoms with van der Waals surface area (Å²) in [5.74, 6) is -0.912. The third kappa shape index (κ3) is 3.59. The number of carbonyl (C=O) groups excluding carboxylic acids is 1. The average molecular weight is 259 g/mol. The standard InChI is InChI=1S/C14H14FN3O/c1-16-7-10-2-4-13(5-3-10)18-14(19)11-6-12(15)9-17-8-11/h2-6,8-9,16H,7H2,1H3,(H,18,19). The van der Waals surface area contributed by atoms with Crippen molar-refractivity contribution in [3.63, 3.8) is 0 Å². The van der Waals surface area contributed by atoms with Crippen LogP contribution in [-0.2, 0) is 6.54 Å². The molecule has 5 heteroatoms. The summed E-state index contributed by atoms with van der Waals surface area (Å²) in [5.41, 5.74) is 1.97. The number of pyridine rings is 1. The first-order chi connectivity index (χ1) is 9.19. The fraction of sp³-hybridized carbons (Fsp3) is 0.143. The summed E-state index contributed by atoms with van der Waals surface area (Å²) in [5, 5.41) is 5.73. The van der Waals surface area contributed by atoms with Gasteiger partial charge in [-0.3, -0.25) is 9.78 Å². The van der Waals surface area contributed by atoms with E-state index in [9.17, 15) is 9.18 Å². The molecule has 2 N–H and O–H groups in total. The van der Waals surface area contributed by atoms with Crippen molar-refractivity contribution < 1.29 is 9.18 Å². The van der Waals surface area contributed by atoms with Gasteiger partial charge in [0.15, 0.2) is 0 Å². The molecule has 0 saturated carbocycles. The van der Waals surface area contributed by atoms with Crippen molar-refractivity contribution in [1.82, 2.24) is 10.3 Å². The van der Waals surface area contributed by atoms with E-state index in [1.807, 2.05) is 19.2 Å². The minimum Gasteiger partial charge on any atom is -0.322 e. The van der Waals surface area contributed by atoms with Gasteiger partial charge in [0.05, 0.1) is 11.8 Å². The van der Waals surface area contributed by atoms with Crippen LogP contribution in [0.1, 0.15) is 15.9 Å². The third-order valence-corrected chi connectivity index (χ3v) is 2.56. The number of halogens is 1. The van der Waals surface area contributed by atoms with Crippen molar-refractivity contribution in [1.29, 1.82) is 0 Å². The predicted octanol–water partition coefficient (Wildman–Crippen LogP) is 2.19. The number of carbonyl (C=O) groups is 1. The maximum Gasteiger partial charge on any atom is 0.257 e. The van der Waals surface area contributed by atoms with E-state index >= 15 is 0 Å². The van der Waals surface area contributed by atoms with E-state index < -0.39 is 5.82 Å². The summed E-state index contributed by atoms with van der Waals surface area (Å²) < 4.78 is 13.0. The summed E-state index contributed by atoms with van der Waals surface area (Å²) in [7, 11) is 1.87. The Balaban J connectivity index is 2.06. The van der Waals surface area contributed by atoms with Crippen molar-refractivity contribution in [3.05, 3.63) is 59.7 Å². The molecule has 0 radical (unpaired) electrons. The maximum absolute atomic E-state index is 13.0. The lowest BCUT2D eigenvalue weighted by atomic mass is 10.2. The van der Waals surface area contributed by atoms with Crippen LogP contribution in [0.3, 0.4) is 0 Å². The Bertz CT molecular complexity index is 569. The van der Waals surface area contributed by atoms with Gasteiger partial charge in [0.1, 0.15) is 5.82 Å². The lowest BCUT2D eigenvalue weighted by Crippen LogP contribution is -2.12. The van der Waals surface area contributed by atoms with Gasteiger partial charge in [-0.15, -0.1) is 0 Å². The second kappa shape index (κ2) is 6.06. The number of rotatable bonds is 4. The van der Waals surface area contributed by atoms with Gasteiger partial charge in [-0.25, -0.2) is 4.39 Å². The van der Waals surface area contributed by atoms with Gasteiger partial charge >= 0.3 is 0 Å². The fourth-order valence-corrected chi connectivity index (χ4v) is 1.65. The molecule has 98 valence electrons. The molecule has 4 nitrogen and oxygen atoms in total. The Morgan fingerprint density at radius 1 is 1.26 bits per heavy atom. The van der Waals surface area contributed by atoms with Crippen LogP contribution >= 0.6 is 0 Å². The molecule has 0 unspecified atom stereocenters. The van der Waals surface area contributed by atoms with Crippen LogP contribution in [0.2, 0.25) is 0 Å². The Morgan fingerprint density at radius 2 is 2.00 bits per heavy atom. The lowest BCUT2D eigenvalue weighted by molar-refractivity contribution is 0.102. The lowest BCUT2D eigenvalue weighted by Gasteiger charge is -2.06. The highest BCUT2D eigenvalue weighted by molar-refractivity contribution is 6.04. The zero-order valence-corrected chi connectivity index (χ0v) is 10.5. The molecule has 2 rings (SSSR count). The quantitative estimate of drug-likeness (QED) is 0.885. The van der Waals surface area contributed by atoms with Crippen LogP contribution in [0, 0.1) is 5.82 Å². The average Bonchev–Trinajstić information content (AvgIpc) is 2.41. The van der Waals surface area contributed by atoms with E-state index in [4.69, 9.17) is 0 Å². The van der Waals surface area contributed by atoms with Crippen LogP contribution in [0.5, 0.6) is 0 Å². The highest BCUT2D eigenvalue weighted by atomic mass is 19.1. The highest BCUT2D eigenvalue weighted by Crippen LogP contribution is 2.11. The molecule has 2 aromatic rings. The molecule has 1 amide bonds. The van der Waals surface area contributed by atoms with Gasteiger partial charge in [0.25, 0.3) is 5.91 Å². The Morgan fingerprint density at radius 3 is 2.63 bits per heavy atom. The minimum absolute atomic E-state index is 0.194. The molecule has 0 aliphatic carbocycles. The van der Waals surface area contributed by atoms with Gasteiger partial charge in [0.2, 0.25) is 0 Å². The van der Waals surface area contributed by atoms with Crippen molar-refractivity contribution in [3.8, 4) is 0 Å². The zero-order valence-electron chi connectivity index (χ0n) is 10.5. The smallest absolute Gasteiger partial charge is 0.257 e. The summed E-state index contributed by atoms with van der Waals surface area (Å²) in [6.07, 6.45) is 2.39. The minimum atomic E-state index is -0.531. The van der Waals surface area contributed by atoms with E-state index in [0.717, 1.165) is 24.4 Å². The number of nitrogens with zero attached hydrogens (tertiary/aromatic N) is 1. The molecule has 0 aliphatic heterocycles. The normalized spacial score (nSPS) is 10.2. The number of nitrogens with one attached hydrogen (secondary N) is 2. The van der Waals surface area contributed by atoms with E-state index in [1.54, 1.807) is 12.1 Å². The number of hydrogen-bond donors (Lipinski definition) is 2. The first-order valence-corrected chi connectivity index (χ1v) is 5.84. The van der Waals surface area contributed by atoms with E-state index in [-0.39, 0.29) is 11.5 Å². The van der Waals surface area contributed by atoms with Gasteiger partial charge in [-0.05, 0) is 30.8 Å².